The highest BCUT2D eigenvalue weighted by Crippen LogP contribution is 2.31. The smallest absolute Gasteiger partial charge is 0.355 e. The van der Waals surface area contributed by atoms with Crippen LogP contribution in [0.25, 0.3) is 10.8 Å². The molecule has 0 aliphatic carbocycles. The summed E-state index contributed by atoms with van der Waals surface area (Å²) in [6.07, 6.45) is 1.23. The van der Waals surface area contributed by atoms with Gasteiger partial charge in [0.2, 0.25) is 11.6 Å². The Kier molecular flexibility index (Phi) is 5.16. The summed E-state index contributed by atoms with van der Waals surface area (Å²) in [6, 6.07) is 12.9. The number of anilines is 2. The van der Waals surface area contributed by atoms with Gasteiger partial charge in [-0.3, -0.25) is 25.8 Å². The van der Waals surface area contributed by atoms with Gasteiger partial charge in [-0.2, -0.15) is 0 Å². The summed E-state index contributed by atoms with van der Waals surface area (Å²) >= 11 is 0. The lowest BCUT2D eigenvalue weighted by Gasteiger charge is -2.27. The molecule has 0 atom stereocenters. The Morgan fingerprint density at radius 1 is 1.10 bits per heavy atom. The summed E-state index contributed by atoms with van der Waals surface area (Å²) in [7, 11) is 0. The fourth-order valence-electron chi connectivity index (χ4n) is 3.24. The number of nitrogens with one attached hydrogen (secondary N) is 2. The third kappa shape index (κ3) is 3.78. The van der Waals surface area contributed by atoms with E-state index in [2.05, 4.69) is 20.8 Å². The molecule has 3 aromatic rings. The standard InChI is InChI=1S/C19H18N6O4/c26-19(15-7-3-5-13-4-1-2-6-14(13)15)23-22-17-16(25(27)28)18(21-12-20-17)24-8-10-29-11-9-24/h1-7,12H,8-11H2,(H,23,26)(H,20,21,22). The molecule has 2 N–H and O–H groups in total. The van der Waals surface area contributed by atoms with E-state index in [0.29, 0.717) is 31.9 Å². The molecule has 1 aliphatic heterocycles. The van der Waals surface area contributed by atoms with Crippen LogP contribution in [0.4, 0.5) is 17.3 Å². The second kappa shape index (κ2) is 8.07. The van der Waals surface area contributed by atoms with Gasteiger partial charge in [0.25, 0.3) is 5.91 Å². The average molecular weight is 394 g/mol. The first-order valence-electron chi connectivity index (χ1n) is 9.01. The molecule has 2 aromatic carbocycles. The summed E-state index contributed by atoms with van der Waals surface area (Å²) in [5.74, 6) is -0.321. The maximum atomic E-state index is 12.7. The van der Waals surface area contributed by atoms with Crippen molar-refractivity contribution in [3.63, 3.8) is 0 Å². The van der Waals surface area contributed by atoms with Crippen LogP contribution in [0.15, 0.2) is 48.8 Å². The lowest BCUT2D eigenvalue weighted by Crippen LogP contribution is -2.37. The van der Waals surface area contributed by atoms with Gasteiger partial charge in [-0.15, -0.1) is 0 Å². The van der Waals surface area contributed by atoms with Gasteiger partial charge in [0, 0.05) is 18.7 Å². The minimum Gasteiger partial charge on any atom is -0.378 e. The van der Waals surface area contributed by atoms with Crippen molar-refractivity contribution in [2.75, 3.05) is 36.6 Å². The van der Waals surface area contributed by atoms with Gasteiger partial charge in [-0.25, -0.2) is 9.97 Å². The Morgan fingerprint density at radius 2 is 1.86 bits per heavy atom. The van der Waals surface area contributed by atoms with Gasteiger partial charge in [0.15, 0.2) is 0 Å². The first-order chi connectivity index (χ1) is 14.1. The minimum atomic E-state index is -0.558. The fraction of sp³-hybridized carbons (Fsp3) is 0.211. The highest BCUT2D eigenvalue weighted by atomic mass is 16.6. The maximum absolute atomic E-state index is 12.7. The molecular weight excluding hydrogens is 376 g/mol. The Hall–Kier alpha value is -3.79. The molecule has 1 aromatic heterocycles. The van der Waals surface area contributed by atoms with Crippen molar-refractivity contribution < 1.29 is 14.5 Å². The maximum Gasteiger partial charge on any atom is 0.355 e. The molecular formula is C19H18N6O4. The predicted molar refractivity (Wildman–Crippen MR) is 107 cm³/mol. The van der Waals surface area contributed by atoms with Crippen molar-refractivity contribution in [1.29, 1.82) is 0 Å². The number of nitrogens with zero attached hydrogens (tertiary/aromatic N) is 4. The number of aromatic nitrogens is 2. The normalized spacial score (nSPS) is 13.9. The molecule has 0 bridgehead atoms. The van der Waals surface area contributed by atoms with Crippen LogP contribution < -0.4 is 15.8 Å². The van der Waals surface area contributed by atoms with Crippen LogP contribution in [-0.2, 0) is 4.74 Å². The Bertz CT molecular complexity index is 1060. The van der Waals surface area contributed by atoms with E-state index in [9.17, 15) is 14.9 Å². The zero-order chi connectivity index (χ0) is 20.2. The van der Waals surface area contributed by atoms with Crippen LogP contribution in [0, 0.1) is 10.1 Å². The van der Waals surface area contributed by atoms with E-state index in [1.54, 1.807) is 17.0 Å². The SMILES string of the molecule is O=C(NNc1ncnc(N2CCOCC2)c1[N+](=O)[O-])c1cccc2ccccc12. The van der Waals surface area contributed by atoms with Crippen molar-refractivity contribution >= 4 is 34.0 Å². The molecule has 1 saturated heterocycles. The molecule has 10 nitrogen and oxygen atoms in total. The molecule has 1 aliphatic rings. The number of hydrogen-bond acceptors (Lipinski definition) is 8. The van der Waals surface area contributed by atoms with Gasteiger partial charge in [0.05, 0.1) is 18.1 Å². The third-order valence-corrected chi connectivity index (χ3v) is 4.62. The van der Waals surface area contributed by atoms with Crippen LogP contribution in [0.2, 0.25) is 0 Å². The van der Waals surface area contributed by atoms with Crippen molar-refractivity contribution in [2.45, 2.75) is 0 Å². The predicted octanol–water partition coefficient (Wildman–Crippen LogP) is 2.13. The number of fused-ring (bicyclic) bond motifs is 1. The van der Waals surface area contributed by atoms with E-state index in [1.807, 2.05) is 30.3 Å². The summed E-state index contributed by atoms with van der Waals surface area (Å²) < 4.78 is 5.29. The van der Waals surface area contributed by atoms with Gasteiger partial charge in [-0.05, 0) is 16.8 Å². The van der Waals surface area contributed by atoms with Crippen molar-refractivity contribution in [1.82, 2.24) is 15.4 Å². The number of benzene rings is 2. The molecule has 1 amide bonds. The topological polar surface area (TPSA) is 123 Å². The van der Waals surface area contributed by atoms with Gasteiger partial charge in [-0.1, -0.05) is 36.4 Å². The molecule has 0 saturated carbocycles. The van der Waals surface area contributed by atoms with E-state index in [1.165, 1.54) is 6.33 Å². The monoisotopic (exact) mass is 394 g/mol. The molecule has 0 radical (unpaired) electrons. The molecule has 10 heteroatoms. The molecule has 2 heterocycles. The number of hydrogen-bond donors (Lipinski definition) is 2. The second-order valence-corrected chi connectivity index (χ2v) is 6.36. The molecule has 1 fully saturated rings. The molecule has 0 spiro atoms. The summed E-state index contributed by atoms with van der Waals surface area (Å²) in [4.78, 5) is 33.6. The van der Waals surface area contributed by atoms with E-state index in [-0.39, 0.29) is 17.3 Å². The second-order valence-electron chi connectivity index (χ2n) is 6.36. The molecule has 4 rings (SSSR count). The number of ether oxygens (including phenoxy) is 1. The van der Waals surface area contributed by atoms with Crippen LogP contribution in [-0.4, -0.2) is 47.1 Å². The summed E-state index contributed by atoms with van der Waals surface area (Å²) in [5, 5.41) is 13.4. The van der Waals surface area contributed by atoms with Gasteiger partial charge in [0.1, 0.15) is 6.33 Å². The van der Waals surface area contributed by atoms with Crippen LogP contribution in [0.5, 0.6) is 0 Å². The molecule has 29 heavy (non-hydrogen) atoms. The number of rotatable bonds is 5. The highest BCUT2D eigenvalue weighted by Gasteiger charge is 2.28. The fourth-order valence-corrected chi connectivity index (χ4v) is 3.24. The number of nitro groups is 1. The third-order valence-electron chi connectivity index (χ3n) is 4.62. The summed E-state index contributed by atoms with van der Waals surface area (Å²) in [5.41, 5.74) is 5.24. The Morgan fingerprint density at radius 3 is 2.66 bits per heavy atom. The Balaban J connectivity index is 1.59. The highest BCUT2D eigenvalue weighted by molar-refractivity contribution is 6.07. The van der Waals surface area contributed by atoms with Crippen LogP contribution in [0.3, 0.4) is 0 Å². The minimum absolute atomic E-state index is 0.0833. The lowest BCUT2D eigenvalue weighted by atomic mass is 10.0. The summed E-state index contributed by atoms with van der Waals surface area (Å²) in [6.45, 7) is 1.89. The van der Waals surface area contributed by atoms with Crippen molar-refractivity contribution in [2.24, 2.45) is 0 Å². The van der Waals surface area contributed by atoms with Gasteiger partial charge < -0.3 is 9.64 Å². The van der Waals surface area contributed by atoms with Crippen LogP contribution in [0.1, 0.15) is 10.4 Å². The van der Waals surface area contributed by atoms with E-state index >= 15 is 0 Å². The zero-order valence-corrected chi connectivity index (χ0v) is 15.4. The lowest BCUT2D eigenvalue weighted by molar-refractivity contribution is -0.383. The van der Waals surface area contributed by atoms with Gasteiger partial charge >= 0.3 is 5.69 Å². The largest absolute Gasteiger partial charge is 0.378 e. The number of carbonyl (C=O) groups excluding carboxylic acids is 1. The van der Waals surface area contributed by atoms with Crippen molar-refractivity contribution in [3.05, 3.63) is 64.5 Å². The quantitative estimate of drug-likeness (QED) is 0.498. The number of carbonyl (C=O) groups is 1. The number of hydrazine groups is 1. The van der Waals surface area contributed by atoms with Crippen molar-refractivity contribution in [3.8, 4) is 0 Å². The van der Waals surface area contributed by atoms with E-state index in [4.69, 9.17) is 4.74 Å². The Labute approximate surface area is 165 Å². The average Bonchev–Trinajstić information content (AvgIpc) is 2.77. The molecule has 148 valence electrons. The number of amides is 1. The zero-order valence-electron chi connectivity index (χ0n) is 15.4. The first kappa shape index (κ1) is 18.6. The van der Waals surface area contributed by atoms with E-state index in [0.717, 1.165) is 10.8 Å². The van der Waals surface area contributed by atoms with E-state index < -0.39 is 10.8 Å². The molecule has 0 unspecified atom stereocenters. The van der Waals surface area contributed by atoms with Crippen LogP contribution >= 0.6 is 0 Å². The first-order valence-corrected chi connectivity index (χ1v) is 9.01. The number of morpholine rings is 1.